The van der Waals surface area contributed by atoms with Crippen molar-refractivity contribution >= 4 is 22.2 Å². The lowest BCUT2D eigenvalue weighted by atomic mass is 10.1. The van der Waals surface area contributed by atoms with Crippen LogP contribution in [0.25, 0.3) is 4.96 Å². The van der Waals surface area contributed by atoms with Crippen molar-refractivity contribution in [3.63, 3.8) is 0 Å². The third kappa shape index (κ3) is 2.69. The van der Waals surface area contributed by atoms with Crippen LogP contribution in [0.2, 0.25) is 0 Å². The van der Waals surface area contributed by atoms with Gasteiger partial charge in [-0.3, -0.25) is 18.9 Å². The Morgan fingerprint density at radius 3 is 3.19 bits per heavy atom. The molecule has 1 amide bonds. The summed E-state index contributed by atoms with van der Waals surface area (Å²) in [5.41, 5.74) is 6.91. The molecule has 3 heterocycles. The molecule has 1 aliphatic rings. The van der Waals surface area contributed by atoms with E-state index in [1.54, 1.807) is 4.40 Å². The van der Waals surface area contributed by atoms with E-state index in [2.05, 4.69) is 10.3 Å². The summed E-state index contributed by atoms with van der Waals surface area (Å²) in [7, 11) is 0. The van der Waals surface area contributed by atoms with Crippen molar-refractivity contribution in [1.29, 1.82) is 0 Å². The molecular formula is C13H17N5O2S. The van der Waals surface area contributed by atoms with Gasteiger partial charge in [-0.15, -0.1) is 11.3 Å². The van der Waals surface area contributed by atoms with Gasteiger partial charge in [0.05, 0.1) is 5.69 Å². The van der Waals surface area contributed by atoms with Crippen molar-refractivity contribution in [1.82, 2.24) is 19.6 Å². The van der Waals surface area contributed by atoms with Crippen molar-refractivity contribution in [2.75, 3.05) is 19.6 Å². The summed E-state index contributed by atoms with van der Waals surface area (Å²) in [6.07, 6.45) is 0. The molecule has 21 heavy (non-hydrogen) atoms. The first-order chi connectivity index (χ1) is 10.1. The average Bonchev–Trinajstić information content (AvgIpc) is 2.81. The molecule has 0 aromatic carbocycles. The number of nitrogens with one attached hydrogen (secondary N) is 1. The molecule has 2 aromatic heterocycles. The Bertz CT molecular complexity index is 738. The van der Waals surface area contributed by atoms with E-state index in [9.17, 15) is 9.59 Å². The van der Waals surface area contributed by atoms with Crippen LogP contribution in [0.5, 0.6) is 0 Å². The number of thiazole rings is 1. The van der Waals surface area contributed by atoms with Crippen LogP contribution in [-0.4, -0.2) is 45.9 Å². The molecule has 1 unspecified atom stereocenters. The molecule has 1 fully saturated rings. The molecule has 0 radical (unpaired) electrons. The highest BCUT2D eigenvalue weighted by molar-refractivity contribution is 7.15. The molecule has 3 rings (SSSR count). The summed E-state index contributed by atoms with van der Waals surface area (Å²) in [6.45, 7) is 4.37. The van der Waals surface area contributed by atoms with Gasteiger partial charge in [0.2, 0.25) is 5.91 Å². The smallest absolute Gasteiger partial charge is 0.259 e. The van der Waals surface area contributed by atoms with E-state index in [0.29, 0.717) is 30.3 Å². The standard InChI is InChI=1S/C13H17N5O2S/c1-8-7-21-13-16-9(4-11(19)18(8)13)6-17-3-2-15-5-10(17)12(14)20/h4,7,10,15H,2-3,5-6H2,1H3,(H2,14,20). The van der Waals surface area contributed by atoms with Crippen molar-refractivity contribution in [2.45, 2.75) is 19.5 Å². The molecular weight excluding hydrogens is 290 g/mol. The van der Waals surface area contributed by atoms with Gasteiger partial charge in [0, 0.05) is 43.3 Å². The van der Waals surface area contributed by atoms with Crippen LogP contribution in [0.1, 0.15) is 11.4 Å². The molecule has 0 aliphatic carbocycles. The number of aryl methyl sites for hydroxylation is 1. The maximum atomic E-state index is 12.1. The fourth-order valence-corrected chi connectivity index (χ4v) is 3.50. The number of rotatable bonds is 3. The summed E-state index contributed by atoms with van der Waals surface area (Å²) in [5, 5.41) is 5.06. The number of carbonyl (C=O) groups is 1. The maximum absolute atomic E-state index is 12.1. The molecule has 1 saturated heterocycles. The number of hydrogen-bond donors (Lipinski definition) is 2. The Hall–Kier alpha value is -1.77. The predicted octanol–water partition coefficient (Wildman–Crippen LogP) is -0.676. The lowest BCUT2D eigenvalue weighted by Crippen LogP contribution is -2.56. The highest BCUT2D eigenvalue weighted by Gasteiger charge is 2.27. The Kier molecular flexibility index (Phi) is 3.75. The molecule has 0 bridgehead atoms. The van der Waals surface area contributed by atoms with E-state index in [0.717, 1.165) is 12.2 Å². The summed E-state index contributed by atoms with van der Waals surface area (Å²) in [5.74, 6) is -0.355. The van der Waals surface area contributed by atoms with Gasteiger partial charge in [-0.25, -0.2) is 4.98 Å². The first-order valence-electron chi connectivity index (χ1n) is 6.77. The van der Waals surface area contributed by atoms with Crippen LogP contribution in [0, 0.1) is 6.92 Å². The first-order valence-corrected chi connectivity index (χ1v) is 7.65. The van der Waals surface area contributed by atoms with Gasteiger partial charge >= 0.3 is 0 Å². The number of aromatic nitrogens is 2. The third-order valence-corrected chi connectivity index (χ3v) is 4.62. The van der Waals surface area contributed by atoms with Gasteiger partial charge in [0.25, 0.3) is 5.56 Å². The van der Waals surface area contributed by atoms with Crippen LogP contribution in [0.4, 0.5) is 0 Å². The van der Waals surface area contributed by atoms with Gasteiger partial charge in [0.15, 0.2) is 4.96 Å². The van der Waals surface area contributed by atoms with E-state index in [1.807, 2.05) is 17.2 Å². The lowest BCUT2D eigenvalue weighted by Gasteiger charge is -2.33. The summed E-state index contributed by atoms with van der Waals surface area (Å²) in [4.78, 5) is 30.8. The van der Waals surface area contributed by atoms with Crippen LogP contribution < -0.4 is 16.6 Å². The molecule has 2 aromatic rings. The summed E-state index contributed by atoms with van der Waals surface area (Å²) < 4.78 is 1.59. The van der Waals surface area contributed by atoms with Gasteiger partial charge in [-0.1, -0.05) is 0 Å². The first kappa shape index (κ1) is 14.2. The number of hydrogen-bond acceptors (Lipinski definition) is 6. The predicted molar refractivity (Wildman–Crippen MR) is 80.3 cm³/mol. The van der Waals surface area contributed by atoms with Gasteiger partial charge in [-0.2, -0.15) is 0 Å². The monoisotopic (exact) mass is 307 g/mol. The zero-order chi connectivity index (χ0) is 15.0. The average molecular weight is 307 g/mol. The number of nitrogens with two attached hydrogens (primary N) is 1. The zero-order valence-electron chi connectivity index (χ0n) is 11.7. The Morgan fingerprint density at radius 1 is 1.62 bits per heavy atom. The maximum Gasteiger partial charge on any atom is 0.259 e. The minimum absolute atomic E-state index is 0.0838. The number of primary amides is 1. The largest absolute Gasteiger partial charge is 0.368 e. The zero-order valence-corrected chi connectivity index (χ0v) is 12.5. The Morgan fingerprint density at radius 2 is 2.43 bits per heavy atom. The number of fused-ring (bicyclic) bond motifs is 1. The van der Waals surface area contributed by atoms with Gasteiger partial charge in [-0.05, 0) is 6.92 Å². The molecule has 3 N–H and O–H groups in total. The fourth-order valence-electron chi connectivity index (χ4n) is 2.61. The Balaban J connectivity index is 1.90. The Labute approximate surface area is 125 Å². The quantitative estimate of drug-likeness (QED) is 0.784. The molecule has 8 heteroatoms. The topological polar surface area (TPSA) is 92.7 Å². The molecule has 1 atom stereocenters. The SMILES string of the molecule is Cc1csc2nc(CN3CCNCC3C(N)=O)cc(=O)n12. The van der Waals surface area contributed by atoms with E-state index in [4.69, 9.17) is 5.73 Å². The molecule has 0 spiro atoms. The van der Waals surface area contributed by atoms with Crippen molar-refractivity contribution in [2.24, 2.45) is 5.73 Å². The third-order valence-electron chi connectivity index (χ3n) is 3.68. The number of amides is 1. The van der Waals surface area contributed by atoms with Crippen LogP contribution in [-0.2, 0) is 11.3 Å². The van der Waals surface area contributed by atoms with Gasteiger partial charge in [0.1, 0.15) is 6.04 Å². The summed E-state index contributed by atoms with van der Waals surface area (Å²) >= 11 is 1.44. The van der Waals surface area contributed by atoms with Crippen LogP contribution >= 0.6 is 11.3 Å². The van der Waals surface area contributed by atoms with E-state index < -0.39 is 0 Å². The van der Waals surface area contributed by atoms with E-state index >= 15 is 0 Å². The number of carbonyl (C=O) groups excluding carboxylic acids is 1. The second kappa shape index (κ2) is 5.55. The lowest BCUT2D eigenvalue weighted by molar-refractivity contribution is -0.124. The van der Waals surface area contributed by atoms with Crippen LogP contribution in [0.3, 0.4) is 0 Å². The normalized spacial score (nSPS) is 20.0. The van der Waals surface area contributed by atoms with Crippen LogP contribution in [0.15, 0.2) is 16.2 Å². The van der Waals surface area contributed by atoms with E-state index in [-0.39, 0.29) is 17.5 Å². The fraction of sp³-hybridized carbons (Fsp3) is 0.462. The highest BCUT2D eigenvalue weighted by Crippen LogP contribution is 2.13. The molecule has 7 nitrogen and oxygen atoms in total. The number of piperazine rings is 1. The minimum atomic E-state index is -0.357. The summed E-state index contributed by atoms with van der Waals surface area (Å²) in [6, 6.07) is 1.18. The highest BCUT2D eigenvalue weighted by atomic mass is 32.1. The minimum Gasteiger partial charge on any atom is -0.368 e. The number of nitrogens with zero attached hydrogens (tertiary/aromatic N) is 3. The second-order valence-corrected chi connectivity index (χ2v) is 6.01. The molecule has 1 aliphatic heterocycles. The van der Waals surface area contributed by atoms with Crippen molar-refractivity contribution < 1.29 is 4.79 Å². The van der Waals surface area contributed by atoms with E-state index in [1.165, 1.54) is 17.4 Å². The molecule has 112 valence electrons. The van der Waals surface area contributed by atoms with Gasteiger partial charge < -0.3 is 11.1 Å². The second-order valence-electron chi connectivity index (χ2n) is 5.17. The van der Waals surface area contributed by atoms with Crippen molar-refractivity contribution in [3.8, 4) is 0 Å². The van der Waals surface area contributed by atoms with Crippen molar-refractivity contribution in [3.05, 3.63) is 33.2 Å². The molecule has 0 saturated carbocycles.